The molecule has 1 amide bonds. The lowest BCUT2D eigenvalue weighted by Crippen LogP contribution is -2.28. The summed E-state index contributed by atoms with van der Waals surface area (Å²) < 4.78 is 0.788. The standard InChI is InChI=1S/C16H22N4OS2/c1-10(2)8-17-14(21)9-22-16-20-19-15(23-16)18-13-6-5-11(3)12(4)7-13/h5-7,10H,8-9H2,1-4H3,(H,17,21)(H,18,19). The van der Waals surface area contributed by atoms with Crippen LogP contribution in [0.15, 0.2) is 22.5 Å². The Balaban J connectivity index is 1.85. The monoisotopic (exact) mass is 350 g/mol. The van der Waals surface area contributed by atoms with Crippen LogP contribution < -0.4 is 10.6 Å². The van der Waals surface area contributed by atoms with Crippen molar-refractivity contribution in [3.05, 3.63) is 29.3 Å². The number of anilines is 2. The number of rotatable bonds is 7. The SMILES string of the molecule is Cc1ccc(Nc2nnc(SCC(=O)NCC(C)C)s2)cc1C. The van der Waals surface area contributed by atoms with Crippen LogP contribution in [0.2, 0.25) is 0 Å². The molecule has 1 aromatic heterocycles. The summed E-state index contributed by atoms with van der Waals surface area (Å²) in [6.07, 6.45) is 0. The maximum atomic E-state index is 11.7. The normalized spacial score (nSPS) is 10.8. The van der Waals surface area contributed by atoms with E-state index in [0.717, 1.165) is 15.2 Å². The molecular formula is C16H22N4OS2. The van der Waals surface area contributed by atoms with Gasteiger partial charge in [-0.2, -0.15) is 0 Å². The van der Waals surface area contributed by atoms with Gasteiger partial charge in [-0.05, 0) is 43.0 Å². The molecule has 1 heterocycles. The van der Waals surface area contributed by atoms with E-state index >= 15 is 0 Å². The second-order valence-electron chi connectivity index (χ2n) is 5.78. The van der Waals surface area contributed by atoms with E-state index in [1.165, 1.54) is 34.2 Å². The lowest BCUT2D eigenvalue weighted by Gasteiger charge is -2.06. The molecule has 0 unspecified atom stereocenters. The van der Waals surface area contributed by atoms with E-state index in [2.05, 4.69) is 60.7 Å². The summed E-state index contributed by atoms with van der Waals surface area (Å²) in [6.45, 7) is 9.02. The number of hydrogen-bond acceptors (Lipinski definition) is 6. The maximum absolute atomic E-state index is 11.7. The van der Waals surface area contributed by atoms with Crippen molar-refractivity contribution in [1.29, 1.82) is 0 Å². The summed E-state index contributed by atoms with van der Waals surface area (Å²) >= 11 is 2.86. The lowest BCUT2D eigenvalue weighted by molar-refractivity contribution is -0.118. The Morgan fingerprint density at radius 1 is 1.26 bits per heavy atom. The van der Waals surface area contributed by atoms with Crippen molar-refractivity contribution < 1.29 is 4.79 Å². The van der Waals surface area contributed by atoms with E-state index in [0.29, 0.717) is 18.2 Å². The summed E-state index contributed by atoms with van der Waals surface area (Å²) in [5, 5.41) is 15.1. The van der Waals surface area contributed by atoms with Crippen LogP contribution in [0.5, 0.6) is 0 Å². The van der Waals surface area contributed by atoms with Crippen molar-refractivity contribution in [2.24, 2.45) is 5.92 Å². The van der Waals surface area contributed by atoms with Crippen molar-refractivity contribution >= 4 is 39.8 Å². The minimum atomic E-state index is 0.0302. The highest BCUT2D eigenvalue weighted by Crippen LogP contribution is 2.28. The van der Waals surface area contributed by atoms with Crippen LogP contribution in [0.4, 0.5) is 10.8 Å². The summed E-state index contributed by atoms with van der Waals surface area (Å²) in [4.78, 5) is 11.7. The molecule has 23 heavy (non-hydrogen) atoms. The van der Waals surface area contributed by atoms with Crippen LogP contribution in [0, 0.1) is 19.8 Å². The number of hydrogen-bond donors (Lipinski definition) is 2. The summed E-state index contributed by atoms with van der Waals surface area (Å²) in [7, 11) is 0. The summed E-state index contributed by atoms with van der Waals surface area (Å²) in [6, 6.07) is 6.19. The molecule has 2 N–H and O–H groups in total. The number of amides is 1. The highest BCUT2D eigenvalue weighted by molar-refractivity contribution is 8.01. The second kappa shape index (κ2) is 8.31. The maximum Gasteiger partial charge on any atom is 0.230 e. The van der Waals surface area contributed by atoms with E-state index in [-0.39, 0.29) is 5.91 Å². The van der Waals surface area contributed by atoms with Crippen LogP contribution in [0.3, 0.4) is 0 Å². The number of aryl methyl sites for hydroxylation is 2. The highest BCUT2D eigenvalue weighted by atomic mass is 32.2. The van der Waals surface area contributed by atoms with E-state index < -0.39 is 0 Å². The Morgan fingerprint density at radius 3 is 2.74 bits per heavy atom. The molecule has 2 rings (SSSR count). The molecule has 0 saturated carbocycles. The van der Waals surface area contributed by atoms with Gasteiger partial charge in [0.2, 0.25) is 11.0 Å². The number of nitrogens with one attached hydrogen (secondary N) is 2. The molecule has 1 aromatic carbocycles. The average Bonchev–Trinajstić information content (AvgIpc) is 2.94. The molecule has 0 atom stereocenters. The molecule has 0 spiro atoms. The van der Waals surface area contributed by atoms with Crippen LogP contribution >= 0.6 is 23.1 Å². The smallest absolute Gasteiger partial charge is 0.230 e. The van der Waals surface area contributed by atoms with Crippen LogP contribution in [-0.4, -0.2) is 28.4 Å². The summed E-state index contributed by atoms with van der Waals surface area (Å²) in [5.74, 6) is 0.854. The molecule has 0 saturated heterocycles. The van der Waals surface area contributed by atoms with Crippen LogP contribution in [0.1, 0.15) is 25.0 Å². The fourth-order valence-corrected chi connectivity index (χ4v) is 3.36. The van der Waals surface area contributed by atoms with Crippen molar-refractivity contribution in [2.45, 2.75) is 32.0 Å². The third-order valence-electron chi connectivity index (χ3n) is 3.20. The Bertz CT molecular complexity index is 670. The largest absolute Gasteiger partial charge is 0.355 e. The topological polar surface area (TPSA) is 66.9 Å². The molecule has 2 aromatic rings. The number of thioether (sulfide) groups is 1. The van der Waals surface area contributed by atoms with E-state index in [4.69, 9.17) is 0 Å². The van der Waals surface area contributed by atoms with Gasteiger partial charge in [0.15, 0.2) is 4.34 Å². The molecule has 0 aliphatic carbocycles. The zero-order valence-corrected chi connectivity index (χ0v) is 15.5. The molecule has 124 valence electrons. The van der Waals surface area contributed by atoms with Crippen molar-refractivity contribution in [3.63, 3.8) is 0 Å². The van der Waals surface area contributed by atoms with Gasteiger partial charge < -0.3 is 10.6 Å². The lowest BCUT2D eigenvalue weighted by atomic mass is 10.1. The van der Waals surface area contributed by atoms with Crippen molar-refractivity contribution in [3.8, 4) is 0 Å². The number of carbonyl (C=O) groups is 1. The van der Waals surface area contributed by atoms with Crippen LogP contribution in [0.25, 0.3) is 0 Å². The molecule has 5 nitrogen and oxygen atoms in total. The quantitative estimate of drug-likeness (QED) is 0.744. The molecule has 0 fully saturated rings. The summed E-state index contributed by atoms with van der Waals surface area (Å²) in [5.41, 5.74) is 3.49. The highest BCUT2D eigenvalue weighted by Gasteiger charge is 2.09. The van der Waals surface area contributed by atoms with E-state index in [1.807, 2.05) is 6.07 Å². The van der Waals surface area contributed by atoms with Crippen LogP contribution in [-0.2, 0) is 4.79 Å². The third-order valence-corrected chi connectivity index (χ3v) is 5.17. The zero-order chi connectivity index (χ0) is 16.8. The average molecular weight is 351 g/mol. The first-order valence-electron chi connectivity index (χ1n) is 7.51. The zero-order valence-electron chi connectivity index (χ0n) is 13.8. The van der Waals surface area contributed by atoms with Crippen molar-refractivity contribution in [1.82, 2.24) is 15.5 Å². The predicted molar refractivity (Wildman–Crippen MR) is 97.7 cm³/mol. The third kappa shape index (κ3) is 5.84. The van der Waals surface area contributed by atoms with Crippen molar-refractivity contribution in [2.75, 3.05) is 17.6 Å². The van der Waals surface area contributed by atoms with Gasteiger partial charge in [0.25, 0.3) is 0 Å². The second-order valence-corrected chi connectivity index (χ2v) is 7.98. The fraction of sp³-hybridized carbons (Fsp3) is 0.438. The number of carbonyl (C=O) groups excluding carboxylic acids is 1. The van der Waals surface area contributed by atoms with Gasteiger partial charge in [0.05, 0.1) is 5.75 Å². The van der Waals surface area contributed by atoms with Gasteiger partial charge in [-0.15, -0.1) is 10.2 Å². The molecule has 0 radical (unpaired) electrons. The van der Waals surface area contributed by atoms with Gasteiger partial charge >= 0.3 is 0 Å². The first-order valence-corrected chi connectivity index (χ1v) is 9.31. The first kappa shape index (κ1) is 17.7. The van der Waals surface area contributed by atoms with E-state index in [1.54, 1.807) is 0 Å². The Morgan fingerprint density at radius 2 is 2.04 bits per heavy atom. The molecular weight excluding hydrogens is 328 g/mol. The number of aromatic nitrogens is 2. The molecule has 7 heteroatoms. The predicted octanol–water partition coefficient (Wildman–Crippen LogP) is 3.76. The van der Waals surface area contributed by atoms with Gasteiger partial charge in [-0.25, -0.2) is 0 Å². The Kier molecular flexibility index (Phi) is 6.41. The van der Waals surface area contributed by atoms with E-state index in [9.17, 15) is 4.79 Å². The molecule has 0 aliphatic rings. The fourth-order valence-electron chi connectivity index (χ4n) is 1.76. The van der Waals surface area contributed by atoms with Gasteiger partial charge in [-0.3, -0.25) is 4.79 Å². The minimum absolute atomic E-state index is 0.0302. The van der Waals surface area contributed by atoms with Gasteiger partial charge in [-0.1, -0.05) is 43.0 Å². The minimum Gasteiger partial charge on any atom is -0.355 e. The number of benzene rings is 1. The van der Waals surface area contributed by atoms with Gasteiger partial charge in [0, 0.05) is 12.2 Å². The van der Waals surface area contributed by atoms with Gasteiger partial charge in [0.1, 0.15) is 0 Å². The molecule has 0 bridgehead atoms. The molecule has 0 aliphatic heterocycles. The first-order chi connectivity index (χ1) is 10.9. The Labute approximate surface area is 145 Å². The Hall–Kier alpha value is -1.60. The number of nitrogens with zero attached hydrogens (tertiary/aromatic N) is 2.